The molecule has 0 unspecified atom stereocenters. The molecule has 1 saturated heterocycles. The van der Waals surface area contributed by atoms with Gasteiger partial charge in [-0.25, -0.2) is 4.79 Å². The maximum atomic E-state index is 13.1. The van der Waals surface area contributed by atoms with E-state index in [0.717, 1.165) is 54.1 Å². The molecule has 0 aromatic heterocycles. The first-order chi connectivity index (χ1) is 16.5. The third-order valence-corrected chi connectivity index (χ3v) is 6.35. The van der Waals surface area contributed by atoms with Gasteiger partial charge in [-0.2, -0.15) is 0 Å². The SMILES string of the molecule is CNc1ccc(N2CCCCC2)cc1C(=O)Nc1ccc(CCc2ccc(C(=O)O)cc2)cc1. The van der Waals surface area contributed by atoms with E-state index in [-0.39, 0.29) is 5.91 Å². The van der Waals surface area contributed by atoms with Gasteiger partial charge in [0.2, 0.25) is 0 Å². The van der Waals surface area contributed by atoms with Crippen LogP contribution in [0.2, 0.25) is 0 Å². The third-order valence-electron chi connectivity index (χ3n) is 6.35. The lowest BCUT2D eigenvalue weighted by atomic mass is 10.0. The maximum Gasteiger partial charge on any atom is 0.335 e. The lowest BCUT2D eigenvalue weighted by Gasteiger charge is -2.29. The quantitative estimate of drug-likeness (QED) is 0.419. The fourth-order valence-electron chi connectivity index (χ4n) is 4.34. The summed E-state index contributed by atoms with van der Waals surface area (Å²) >= 11 is 0. The molecule has 1 aliphatic heterocycles. The van der Waals surface area contributed by atoms with Gasteiger partial charge in [-0.1, -0.05) is 24.3 Å². The Morgan fingerprint density at radius 2 is 1.47 bits per heavy atom. The van der Waals surface area contributed by atoms with Crippen molar-refractivity contribution in [2.24, 2.45) is 0 Å². The standard InChI is InChI=1S/C28H31N3O3/c1-29-26-16-15-24(31-17-3-2-4-18-31)19-25(26)27(32)30-23-13-9-21(10-14-23)6-5-20-7-11-22(12-8-20)28(33)34/h7-16,19,29H,2-6,17-18H2,1H3,(H,30,32)(H,33,34). The summed E-state index contributed by atoms with van der Waals surface area (Å²) < 4.78 is 0. The van der Waals surface area contributed by atoms with Crippen molar-refractivity contribution in [3.8, 4) is 0 Å². The summed E-state index contributed by atoms with van der Waals surface area (Å²) in [5.74, 6) is -1.04. The molecule has 4 rings (SSSR count). The van der Waals surface area contributed by atoms with E-state index >= 15 is 0 Å². The molecule has 1 amide bonds. The zero-order chi connectivity index (χ0) is 23.9. The highest BCUT2D eigenvalue weighted by molar-refractivity contribution is 6.08. The zero-order valence-electron chi connectivity index (χ0n) is 19.5. The van der Waals surface area contributed by atoms with Gasteiger partial charge in [0.05, 0.1) is 11.1 Å². The number of carbonyl (C=O) groups is 2. The lowest BCUT2D eigenvalue weighted by Crippen LogP contribution is -2.29. The fraction of sp³-hybridized carbons (Fsp3) is 0.286. The summed E-state index contributed by atoms with van der Waals surface area (Å²) in [7, 11) is 1.83. The molecule has 0 atom stereocenters. The van der Waals surface area contributed by atoms with Crippen molar-refractivity contribution in [1.82, 2.24) is 0 Å². The lowest BCUT2D eigenvalue weighted by molar-refractivity contribution is 0.0696. The highest BCUT2D eigenvalue weighted by Crippen LogP contribution is 2.26. The number of nitrogens with one attached hydrogen (secondary N) is 2. The number of nitrogens with zero attached hydrogens (tertiary/aromatic N) is 1. The van der Waals surface area contributed by atoms with E-state index in [1.807, 2.05) is 55.6 Å². The molecule has 3 aromatic carbocycles. The smallest absolute Gasteiger partial charge is 0.335 e. The van der Waals surface area contributed by atoms with Gasteiger partial charge in [0.15, 0.2) is 0 Å². The predicted octanol–water partition coefficient (Wildman–Crippen LogP) is 5.45. The second-order valence-electron chi connectivity index (χ2n) is 8.68. The largest absolute Gasteiger partial charge is 0.478 e. The summed E-state index contributed by atoms with van der Waals surface area (Å²) in [6.45, 7) is 2.07. The number of hydrogen-bond acceptors (Lipinski definition) is 4. The number of rotatable bonds is 8. The van der Waals surface area contributed by atoms with Crippen molar-refractivity contribution in [1.29, 1.82) is 0 Å². The van der Waals surface area contributed by atoms with Gasteiger partial charge in [-0.15, -0.1) is 0 Å². The average molecular weight is 458 g/mol. The van der Waals surface area contributed by atoms with Gasteiger partial charge in [0, 0.05) is 37.2 Å². The van der Waals surface area contributed by atoms with Crippen molar-refractivity contribution >= 4 is 28.9 Å². The molecule has 1 fully saturated rings. The Balaban J connectivity index is 1.39. The Labute approximate surface area is 200 Å². The number of aryl methyl sites for hydroxylation is 2. The van der Waals surface area contributed by atoms with Crippen molar-refractivity contribution in [2.45, 2.75) is 32.1 Å². The molecule has 1 heterocycles. The normalized spacial score (nSPS) is 13.4. The van der Waals surface area contributed by atoms with E-state index in [1.165, 1.54) is 19.3 Å². The molecule has 1 aliphatic rings. The average Bonchev–Trinajstić information content (AvgIpc) is 2.88. The van der Waals surface area contributed by atoms with Crippen molar-refractivity contribution in [3.63, 3.8) is 0 Å². The van der Waals surface area contributed by atoms with Gasteiger partial charge in [0.25, 0.3) is 5.91 Å². The third kappa shape index (κ3) is 5.76. The van der Waals surface area contributed by atoms with E-state index in [9.17, 15) is 9.59 Å². The zero-order valence-corrected chi connectivity index (χ0v) is 19.5. The Morgan fingerprint density at radius 1 is 0.853 bits per heavy atom. The molecule has 6 heteroatoms. The van der Waals surface area contributed by atoms with Crippen molar-refractivity contribution < 1.29 is 14.7 Å². The number of amides is 1. The minimum atomic E-state index is -0.913. The van der Waals surface area contributed by atoms with Gasteiger partial charge in [-0.05, 0) is 85.7 Å². The topological polar surface area (TPSA) is 81.7 Å². The Bertz CT molecular complexity index is 1130. The summed E-state index contributed by atoms with van der Waals surface area (Å²) in [6, 6.07) is 20.9. The number of piperidine rings is 1. The van der Waals surface area contributed by atoms with E-state index in [1.54, 1.807) is 12.1 Å². The van der Waals surface area contributed by atoms with Crippen LogP contribution in [0.5, 0.6) is 0 Å². The van der Waals surface area contributed by atoms with E-state index in [2.05, 4.69) is 21.6 Å². The number of aromatic carboxylic acids is 1. The van der Waals surface area contributed by atoms with Gasteiger partial charge >= 0.3 is 5.97 Å². The molecule has 0 saturated carbocycles. The second-order valence-corrected chi connectivity index (χ2v) is 8.68. The molecule has 176 valence electrons. The van der Waals surface area contributed by atoms with E-state index in [4.69, 9.17) is 5.11 Å². The predicted molar refractivity (Wildman–Crippen MR) is 137 cm³/mol. The highest BCUT2D eigenvalue weighted by Gasteiger charge is 2.16. The van der Waals surface area contributed by atoms with Crippen LogP contribution in [0, 0.1) is 0 Å². The molecule has 0 spiro atoms. The van der Waals surface area contributed by atoms with Gasteiger partial charge < -0.3 is 20.6 Å². The summed E-state index contributed by atoms with van der Waals surface area (Å²) in [5, 5.41) is 15.2. The molecule has 0 radical (unpaired) electrons. The van der Waals surface area contributed by atoms with Crippen LogP contribution in [0.3, 0.4) is 0 Å². The molecular weight excluding hydrogens is 426 g/mol. The first-order valence-corrected chi connectivity index (χ1v) is 11.8. The van der Waals surface area contributed by atoms with Crippen LogP contribution in [0.25, 0.3) is 0 Å². The minimum absolute atomic E-state index is 0.130. The number of carboxylic acids is 1. The molecule has 3 aromatic rings. The number of hydrogen-bond donors (Lipinski definition) is 3. The van der Waals surface area contributed by atoms with E-state index < -0.39 is 5.97 Å². The summed E-state index contributed by atoms with van der Waals surface area (Å²) in [5.41, 5.74) is 5.84. The summed E-state index contributed by atoms with van der Waals surface area (Å²) in [6.07, 6.45) is 5.30. The van der Waals surface area contributed by atoms with Crippen LogP contribution in [0.4, 0.5) is 17.1 Å². The summed E-state index contributed by atoms with van der Waals surface area (Å²) in [4.78, 5) is 26.4. The fourth-order valence-corrected chi connectivity index (χ4v) is 4.34. The minimum Gasteiger partial charge on any atom is -0.478 e. The molecule has 0 bridgehead atoms. The second kappa shape index (κ2) is 10.9. The Hall–Kier alpha value is -3.80. The molecule has 34 heavy (non-hydrogen) atoms. The van der Waals surface area contributed by atoms with Crippen LogP contribution >= 0.6 is 0 Å². The van der Waals surface area contributed by atoms with Crippen LogP contribution in [-0.2, 0) is 12.8 Å². The van der Waals surface area contributed by atoms with Gasteiger partial charge in [-0.3, -0.25) is 4.79 Å². The molecule has 3 N–H and O–H groups in total. The highest BCUT2D eigenvalue weighted by atomic mass is 16.4. The monoisotopic (exact) mass is 457 g/mol. The number of carbonyl (C=O) groups excluding carboxylic acids is 1. The number of anilines is 3. The van der Waals surface area contributed by atoms with Crippen LogP contribution in [-0.4, -0.2) is 37.1 Å². The van der Waals surface area contributed by atoms with Crippen molar-refractivity contribution in [2.75, 3.05) is 35.7 Å². The molecule has 6 nitrogen and oxygen atoms in total. The van der Waals surface area contributed by atoms with Crippen LogP contribution < -0.4 is 15.5 Å². The first-order valence-electron chi connectivity index (χ1n) is 11.8. The number of carboxylic acid groups (broad SMARTS) is 1. The Morgan fingerprint density at radius 3 is 2.06 bits per heavy atom. The van der Waals surface area contributed by atoms with Crippen molar-refractivity contribution in [3.05, 3.63) is 89.0 Å². The van der Waals surface area contributed by atoms with Crippen LogP contribution in [0.1, 0.15) is 51.1 Å². The van der Waals surface area contributed by atoms with E-state index in [0.29, 0.717) is 11.1 Å². The van der Waals surface area contributed by atoms with Crippen LogP contribution in [0.15, 0.2) is 66.7 Å². The Kier molecular flexibility index (Phi) is 7.48. The first kappa shape index (κ1) is 23.4. The number of benzene rings is 3. The van der Waals surface area contributed by atoms with Gasteiger partial charge in [0.1, 0.15) is 0 Å². The maximum absolute atomic E-state index is 13.1. The molecular formula is C28H31N3O3. The molecule has 0 aliphatic carbocycles.